The van der Waals surface area contributed by atoms with Gasteiger partial charge in [-0.3, -0.25) is 9.78 Å². The van der Waals surface area contributed by atoms with Gasteiger partial charge in [0.25, 0.3) is 5.91 Å². The van der Waals surface area contributed by atoms with Crippen LogP contribution in [0.4, 0.5) is 0 Å². The van der Waals surface area contributed by atoms with E-state index in [0.29, 0.717) is 11.7 Å². The smallest absolute Gasteiger partial charge is 0.263 e. The summed E-state index contributed by atoms with van der Waals surface area (Å²) in [6.45, 7) is 5.45. The quantitative estimate of drug-likeness (QED) is 0.834. The molecule has 1 aliphatic rings. The maximum atomic E-state index is 12.7. The molecule has 2 aromatic rings. The Balaban J connectivity index is 1.62. The SMILES string of the molecule is CCc1csc([C@@H]2CCCN(C(=O)[C@H](C)Oc3cccnc3)C2)n1. The third-order valence-corrected chi connectivity index (χ3v) is 5.37. The van der Waals surface area contributed by atoms with E-state index in [4.69, 9.17) is 9.72 Å². The second-order valence-corrected chi connectivity index (χ2v) is 6.99. The molecule has 0 unspecified atom stereocenters. The minimum Gasteiger partial charge on any atom is -0.479 e. The van der Waals surface area contributed by atoms with Crippen molar-refractivity contribution in [3.05, 3.63) is 40.6 Å². The summed E-state index contributed by atoms with van der Waals surface area (Å²) in [5.41, 5.74) is 1.15. The van der Waals surface area contributed by atoms with E-state index < -0.39 is 6.10 Å². The Morgan fingerprint density at radius 1 is 1.54 bits per heavy atom. The van der Waals surface area contributed by atoms with Crippen LogP contribution in [0.5, 0.6) is 5.75 Å². The Kier molecular flexibility index (Phi) is 5.45. The number of piperidine rings is 1. The molecule has 3 rings (SSSR count). The van der Waals surface area contributed by atoms with Gasteiger partial charge in [-0.15, -0.1) is 11.3 Å². The molecule has 128 valence electrons. The van der Waals surface area contributed by atoms with Gasteiger partial charge in [0.2, 0.25) is 0 Å². The summed E-state index contributed by atoms with van der Waals surface area (Å²) in [4.78, 5) is 23.3. The normalized spacial score (nSPS) is 19.1. The number of likely N-dealkylation sites (tertiary alicyclic amines) is 1. The van der Waals surface area contributed by atoms with Crippen LogP contribution in [0, 0.1) is 0 Å². The molecule has 1 saturated heterocycles. The molecule has 1 aliphatic heterocycles. The summed E-state index contributed by atoms with van der Waals surface area (Å²) in [7, 11) is 0. The van der Waals surface area contributed by atoms with Crippen LogP contribution < -0.4 is 4.74 Å². The number of hydrogen-bond donors (Lipinski definition) is 0. The van der Waals surface area contributed by atoms with Crippen LogP contribution in [-0.4, -0.2) is 40.0 Å². The van der Waals surface area contributed by atoms with Gasteiger partial charge in [-0.05, 0) is 38.3 Å². The van der Waals surface area contributed by atoms with Crippen LogP contribution in [0.2, 0.25) is 0 Å². The van der Waals surface area contributed by atoms with Gasteiger partial charge in [-0.1, -0.05) is 6.92 Å². The lowest BCUT2D eigenvalue weighted by Crippen LogP contribution is -2.45. The van der Waals surface area contributed by atoms with Gasteiger partial charge in [0, 0.05) is 30.6 Å². The monoisotopic (exact) mass is 345 g/mol. The largest absolute Gasteiger partial charge is 0.479 e. The van der Waals surface area contributed by atoms with Crippen LogP contribution in [0.25, 0.3) is 0 Å². The third kappa shape index (κ3) is 3.93. The lowest BCUT2D eigenvalue weighted by Gasteiger charge is -2.33. The molecule has 6 heteroatoms. The van der Waals surface area contributed by atoms with Gasteiger partial charge < -0.3 is 9.64 Å². The van der Waals surface area contributed by atoms with Crippen LogP contribution in [-0.2, 0) is 11.2 Å². The molecular weight excluding hydrogens is 322 g/mol. The number of carbonyl (C=O) groups is 1. The zero-order valence-corrected chi connectivity index (χ0v) is 15.0. The maximum Gasteiger partial charge on any atom is 0.263 e. The van der Waals surface area contributed by atoms with Gasteiger partial charge in [-0.2, -0.15) is 0 Å². The number of aromatic nitrogens is 2. The number of aryl methyl sites for hydroxylation is 1. The van der Waals surface area contributed by atoms with E-state index >= 15 is 0 Å². The average molecular weight is 345 g/mol. The average Bonchev–Trinajstić information content (AvgIpc) is 3.11. The van der Waals surface area contributed by atoms with E-state index in [1.54, 1.807) is 36.7 Å². The predicted octanol–water partition coefficient (Wildman–Crippen LogP) is 3.27. The number of carbonyl (C=O) groups excluding carboxylic acids is 1. The van der Waals surface area contributed by atoms with Crippen molar-refractivity contribution in [2.24, 2.45) is 0 Å². The van der Waals surface area contributed by atoms with Crippen molar-refractivity contribution in [2.45, 2.75) is 45.1 Å². The van der Waals surface area contributed by atoms with Crippen molar-refractivity contribution in [1.29, 1.82) is 0 Å². The minimum atomic E-state index is -0.504. The van der Waals surface area contributed by atoms with E-state index in [-0.39, 0.29) is 5.91 Å². The van der Waals surface area contributed by atoms with Crippen molar-refractivity contribution in [2.75, 3.05) is 13.1 Å². The Hall–Kier alpha value is -1.95. The molecule has 5 nitrogen and oxygen atoms in total. The first-order valence-corrected chi connectivity index (χ1v) is 9.35. The second kappa shape index (κ2) is 7.75. The zero-order valence-electron chi connectivity index (χ0n) is 14.1. The summed E-state index contributed by atoms with van der Waals surface area (Å²) in [6.07, 6.45) is 5.88. The molecule has 2 aromatic heterocycles. The Morgan fingerprint density at radius 3 is 3.12 bits per heavy atom. The fourth-order valence-corrected chi connectivity index (χ4v) is 4.01. The number of pyridine rings is 1. The van der Waals surface area contributed by atoms with E-state index in [1.165, 1.54) is 0 Å². The first-order valence-electron chi connectivity index (χ1n) is 8.47. The van der Waals surface area contributed by atoms with Gasteiger partial charge in [0.15, 0.2) is 6.10 Å². The fraction of sp³-hybridized carbons (Fsp3) is 0.500. The third-order valence-electron chi connectivity index (χ3n) is 4.31. The van der Waals surface area contributed by atoms with Crippen molar-refractivity contribution < 1.29 is 9.53 Å². The van der Waals surface area contributed by atoms with Gasteiger partial charge in [0.05, 0.1) is 16.9 Å². The zero-order chi connectivity index (χ0) is 16.9. The van der Waals surface area contributed by atoms with E-state index in [0.717, 1.165) is 43.1 Å². The summed E-state index contributed by atoms with van der Waals surface area (Å²) < 4.78 is 5.73. The van der Waals surface area contributed by atoms with Crippen LogP contribution in [0.3, 0.4) is 0 Å². The number of amides is 1. The van der Waals surface area contributed by atoms with Gasteiger partial charge in [-0.25, -0.2) is 4.98 Å². The summed E-state index contributed by atoms with van der Waals surface area (Å²) in [5.74, 6) is 1.01. The minimum absolute atomic E-state index is 0.0378. The molecule has 0 radical (unpaired) electrons. The molecule has 2 atom stereocenters. The standard InChI is InChI=1S/C18H23N3O2S/c1-3-15-12-24-17(20-15)14-6-5-9-21(11-14)18(22)13(2)23-16-7-4-8-19-10-16/h4,7-8,10,12-14H,3,5-6,9,11H2,1-2H3/t13-,14+/m0/s1. The summed E-state index contributed by atoms with van der Waals surface area (Å²) in [5, 5.41) is 3.29. The molecular formula is C18H23N3O2S. The van der Waals surface area contributed by atoms with Crippen molar-refractivity contribution in [3.63, 3.8) is 0 Å². The Labute approximate surface area is 146 Å². The molecule has 0 spiro atoms. The van der Waals surface area contributed by atoms with Crippen molar-refractivity contribution >= 4 is 17.2 Å². The van der Waals surface area contributed by atoms with Crippen LogP contribution in [0.1, 0.15) is 43.3 Å². The molecule has 0 saturated carbocycles. The topological polar surface area (TPSA) is 55.3 Å². The van der Waals surface area contributed by atoms with Crippen LogP contribution in [0.15, 0.2) is 29.9 Å². The maximum absolute atomic E-state index is 12.7. The van der Waals surface area contributed by atoms with Gasteiger partial charge in [0.1, 0.15) is 5.75 Å². The summed E-state index contributed by atoms with van der Waals surface area (Å²) in [6, 6.07) is 3.62. The first kappa shape index (κ1) is 16.9. The molecule has 0 aliphatic carbocycles. The molecule has 0 aromatic carbocycles. The van der Waals surface area contributed by atoms with E-state index in [2.05, 4.69) is 17.3 Å². The molecule has 1 fully saturated rings. The number of ether oxygens (including phenoxy) is 1. The van der Waals surface area contributed by atoms with Gasteiger partial charge >= 0.3 is 0 Å². The van der Waals surface area contributed by atoms with E-state index in [9.17, 15) is 4.79 Å². The molecule has 3 heterocycles. The second-order valence-electron chi connectivity index (χ2n) is 6.10. The number of hydrogen-bond acceptors (Lipinski definition) is 5. The Bertz CT molecular complexity index is 674. The summed E-state index contributed by atoms with van der Waals surface area (Å²) >= 11 is 1.72. The highest BCUT2D eigenvalue weighted by atomic mass is 32.1. The van der Waals surface area contributed by atoms with Crippen molar-refractivity contribution in [3.8, 4) is 5.75 Å². The fourth-order valence-electron chi connectivity index (χ4n) is 2.98. The predicted molar refractivity (Wildman–Crippen MR) is 94.4 cm³/mol. The first-order chi connectivity index (χ1) is 11.7. The lowest BCUT2D eigenvalue weighted by atomic mass is 9.98. The van der Waals surface area contributed by atoms with Crippen molar-refractivity contribution in [1.82, 2.24) is 14.9 Å². The highest BCUT2D eigenvalue weighted by Crippen LogP contribution is 2.29. The lowest BCUT2D eigenvalue weighted by molar-refractivity contribution is -0.139. The number of thiazole rings is 1. The Morgan fingerprint density at radius 2 is 2.42 bits per heavy atom. The van der Waals surface area contributed by atoms with E-state index in [1.807, 2.05) is 11.0 Å². The molecule has 0 N–H and O–H groups in total. The molecule has 24 heavy (non-hydrogen) atoms. The highest BCUT2D eigenvalue weighted by molar-refractivity contribution is 7.09. The number of nitrogens with zero attached hydrogens (tertiary/aromatic N) is 3. The highest BCUT2D eigenvalue weighted by Gasteiger charge is 2.29. The molecule has 1 amide bonds. The molecule has 0 bridgehead atoms. The van der Waals surface area contributed by atoms with Crippen LogP contribution >= 0.6 is 11.3 Å². The number of rotatable bonds is 5.